The summed E-state index contributed by atoms with van der Waals surface area (Å²) in [5.74, 6) is 0. The zero-order valence-electron chi connectivity index (χ0n) is 6.26. The lowest BCUT2D eigenvalue weighted by Crippen LogP contribution is -1.83. The molecule has 0 bridgehead atoms. The highest BCUT2D eigenvalue weighted by Crippen LogP contribution is 2.09. The van der Waals surface area contributed by atoms with Crippen LogP contribution in [0.4, 0.5) is 4.39 Å². The molecule has 0 N–H and O–H groups in total. The molecule has 1 rings (SSSR count). The minimum Gasteiger partial charge on any atom is -0.246 e. The van der Waals surface area contributed by atoms with Gasteiger partial charge in [0.25, 0.3) is 0 Å². The molecular formula is C9H8FN. The third-order valence-electron chi connectivity index (χ3n) is 1.42. The fraction of sp³-hybridized carbons (Fsp3) is 0.222. The molecule has 0 unspecified atom stereocenters. The summed E-state index contributed by atoms with van der Waals surface area (Å²) in [6.07, 6.45) is 0. The fourth-order valence-corrected chi connectivity index (χ4v) is 1.00. The van der Waals surface area contributed by atoms with Crippen molar-refractivity contribution < 1.29 is 4.39 Å². The molecule has 0 aliphatic heterocycles. The van der Waals surface area contributed by atoms with Crippen LogP contribution >= 0.6 is 0 Å². The molecule has 2 heteroatoms. The van der Waals surface area contributed by atoms with Crippen molar-refractivity contribution in [3.05, 3.63) is 34.9 Å². The van der Waals surface area contributed by atoms with Gasteiger partial charge in [0.15, 0.2) is 0 Å². The van der Waals surface area contributed by atoms with E-state index in [9.17, 15) is 4.39 Å². The van der Waals surface area contributed by atoms with Gasteiger partial charge in [0.05, 0.1) is 11.6 Å². The summed E-state index contributed by atoms with van der Waals surface area (Å²) in [7, 11) is 0. The second kappa shape index (κ2) is 3.16. The van der Waals surface area contributed by atoms with Crippen LogP contribution in [-0.2, 0) is 6.67 Å². The van der Waals surface area contributed by atoms with E-state index in [0.717, 1.165) is 5.56 Å². The van der Waals surface area contributed by atoms with Gasteiger partial charge >= 0.3 is 0 Å². The van der Waals surface area contributed by atoms with Crippen molar-refractivity contribution in [3.63, 3.8) is 0 Å². The van der Waals surface area contributed by atoms with Crippen molar-refractivity contribution in [2.75, 3.05) is 0 Å². The van der Waals surface area contributed by atoms with Gasteiger partial charge in [0.2, 0.25) is 0 Å². The van der Waals surface area contributed by atoms with Crippen LogP contribution in [0.5, 0.6) is 0 Å². The normalized spacial score (nSPS) is 9.18. The van der Waals surface area contributed by atoms with Crippen molar-refractivity contribution in [1.82, 2.24) is 0 Å². The Morgan fingerprint density at radius 2 is 2.18 bits per heavy atom. The monoisotopic (exact) mass is 149 g/mol. The Morgan fingerprint density at radius 3 is 2.73 bits per heavy atom. The number of nitrogens with zero attached hydrogens (tertiary/aromatic N) is 1. The summed E-state index contributed by atoms with van der Waals surface area (Å²) in [4.78, 5) is 0. The minimum atomic E-state index is -0.504. The molecule has 0 radical (unpaired) electrons. The molecule has 0 aliphatic carbocycles. The topological polar surface area (TPSA) is 23.8 Å². The lowest BCUT2D eigenvalue weighted by atomic mass is 10.1. The Hall–Kier alpha value is -1.36. The van der Waals surface area contributed by atoms with E-state index in [1.165, 1.54) is 0 Å². The van der Waals surface area contributed by atoms with Crippen LogP contribution in [0.2, 0.25) is 0 Å². The van der Waals surface area contributed by atoms with Crippen molar-refractivity contribution in [2.45, 2.75) is 13.6 Å². The van der Waals surface area contributed by atoms with Crippen LogP contribution < -0.4 is 0 Å². The molecule has 1 aromatic carbocycles. The van der Waals surface area contributed by atoms with Crippen molar-refractivity contribution in [3.8, 4) is 6.07 Å². The number of nitriles is 1. The van der Waals surface area contributed by atoms with Gasteiger partial charge in [-0.2, -0.15) is 5.26 Å². The predicted octanol–water partition coefficient (Wildman–Crippen LogP) is 2.34. The maximum absolute atomic E-state index is 12.1. The molecule has 0 saturated carbocycles. The Balaban J connectivity index is 3.15. The van der Waals surface area contributed by atoms with Crippen molar-refractivity contribution >= 4 is 0 Å². The third-order valence-corrected chi connectivity index (χ3v) is 1.42. The summed E-state index contributed by atoms with van der Waals surface area (Å²) in [6.45, 7) is 1.34. The second-order valence-electron chi connectivity index (χ2n) is 2.45. The van der Waals surface area contributed by atoms with E-state index in [0.29, 0.717) is 11.1 Å². The maximum atomic E-state index is 12.1. The number of aryl methyl sites for hydroxylation is 1. The Bertz CT molecular complexity index is 299. The average molecular weight is 149 g/mol. The first-order valence-corrected chi connectivity index (χ1v) is 3.33. The molecular weight excluding hydrogens is 141 g/mol. The van der Waals surface area contributed by atoms with Gasteiger partial charge in [-0.3, -0.25) is 0 Å². The Kier molecular flexibility index (Phi) is 2.22. The summed E-state index contributed by atoms with van der Waals surface area (Å²) in [5, 5.41) is 8.51. The molecule has 0 saturated heterocycles. The van der Waals surface area contributed by atoms with Crippen molar-refractivity contribution in [2.24, 2.45) is 0 Å². The zero-order valence-corrected chi connectivity index (χ0v) is 6.26. The second-order valence-corrected chi connectivity index (χ2v) is 2.45. The first-order valence-electron chi connectivity index (χ1n) is 3.33. The third kappa shape index (κ3) is 1.78. The highest BCUT2D eigenvalue weighted by atomic mass is 19.1. The minimum absolute atomic E-state index is 0.504. The smallest absolute Gasteiger partial charge is 0.115 e. The maximum Gasteiger partial charge on any atom is 0.115 e. The van der Waals surface area contributed by atoms with Crippen LogP contribution in [0.1, 0.15) is 16.7 Å². The largest absolute Gasteiger partial charge is 0.246 e. The van der Waals surface area contributed by atoms with E-state index >= 15 is 0 Å². The van der Waals surface area contributed by atoms with Gasteiger partial charge in [0, 0.05) is 0 Å². The van der Waals surface area contributed by atoms with Crippen LogP contribution in [-0.4, -0.2) is 0 Å². The van der Waals surface area contributed by atoms with Gasteiger partial charge in [-0.1, -0.05) is 6.07 Å². The SMILES string of the molecule is Cc1cc(C#N)cc(CF)c1. The molecule has 0 aliphatic rings. The van der Waals surface area contributed by atoms with E-state index in [4.69, 9.17) is 5.26 Å². The molecule has 1 aromatic rings. The van der Waals surface area contributed by atoms with Crippen LogP contribution in [0.25, 0.3) is 0 Å². The fourth-order valence-electron chi connectivity index (χ4n) is 1.00. The van der Waals surface area contributed by atoms with E-state index in [1.54, 1.807) is 18.2 Å². The van der Waals surface area contributed by atoms with Gasteiger partial charge in [-0.25, -0.2) is 4.39 Å². The highest BCUT2D eigenvalue weighted by Gasteiger charge is 1.96. The molecule has 56 valence electrons. The molecule has 0 heterocycles. The molecule has 0 aromatic heterocycles. The van der Waals surface area contributed by atoms with Gasteiger partial charge in [-0.15, -0.1) is 0 Å². The summed E-state index contributed by atoms with van der Waals surface area (Å²) >= 11 is 0. The van der Waals surface area contributed by atoms with E-state index in [-0.39, 0.29) is 0 Å². The summed E-state index contributed by atoms with van der Waals surface area (Å²) < 4.78 is 12.1. The lowest BCUT2D eigenvalue weighted by Gasteiger charge is -1.97. The zero-order chi connectivity index (χ0) is 8.27. The Labute approximate surface area is 65.1 Å². The van der Waals surface area contributed by atoms with Crippen LogP contribution in [0, 0.1) is 18.3 Å². The van der Waals surface area contributed by atoms with Crippen LogP contribution in [0.3, 0.4) is 0 Å². The number of halogens is 1. The summed E-state index contributed by atoms with van der Waals surface area (Å²) in [5.41, 5.74) is 2.02. The van der Waals surface area contributed by atoms with E-state index in [2.05, 4.69) is 0 Å². The first kappa shape index (κ1) is 7.74. The molecule has 1 nitrogen and oxygen atoms in total. The molecule has 0 amide bonds. The predicted molar refractivity (Wildman–Crippen MR) is 40.7 cm³/mol. The number of rotatable bonds is 1. The standard InChI is InChI=1S/C9H8FN/c1-7-2-8(5-10)4-9(3-7)6-11/h2-4H,5H2,1H3. The van der Waals surface area contributed by atoms with Crippen LogP contribution in [0.15, 0.2) is 18.2 Å². The highest BCUT2D eigenvalue weighted by molar-refractivity contribution is 5.36. The quantitative estimate of drug-likeness (QED) is 0.601. The van der Waals surface area contributed by atoms with E-state index < -0.39 is 6.67 Å². The Morgan fingerprint density at radius 1 is 1.45 bits per heavy atom. The molecule has 0 spiro atoms. The van der Waals surface area contributed by atoms with Gasteiger partial charge in [-0.05, 0) is 30.2 Å². The molecule has 0 atom stereocenters. The summed E-state index contributed by atoms with van der Waals surface area (Å²) in [6, 6.07) is 7.01. The average Bonchev–Trinajstić information content (AvgIpc) is 2.03. The van der Waals surface area contributed by atoms with Gasteiger partial charge < -0.3 is 0 Å². The van der Waals surface area contributed by atoms with Gasteiger partial charge in [0.1, 0.15) is 6.67 Å². The first-order chi connectivity index (χ1) is 5.26. The molecule has 11 heavy (non-hydrogen) atoms. The number of alkyl halides is 1. The van der Waals surface area contributed by atoms with Crippen molar-refractivity contribution in [1.29, 1.82) is 5.26 Å². The number of benzene rings is 1. The number of hydrogen-bond acceptors (Lipinski definition) is 1. The lowest BCUT2D eigenvalue weighted by molar-refractivity contribution is 0.485. The van der Waals surface area contributed by atoms with E-state index in [1.807, 2.05) is 13.0 Å². The number of hydrogen-bond donors (Lipinski definition) is 0. The molecule has 0 fully saturated rings.